The molecule has 3 rings (SSSR count). The van der Waals surface area contributed by atoms with Crippen molar-refractivity contribution in [3.8, 4) is 0 Å². The van der Waals surface area contributed by atoms with E-state index in [-0.39, 0.29) is 61.9 Å². The van der Waals surface area contributed by atoms with E-state index in [9.17, 15) is 43.2 Å². The van der Waals surface area contributed by atoms with Crippen LogP contribution in [0.5, 0.6) is 0 Å². The third-order valence-corrected chi connectivity index (χ3v) is 6.81. The number of allylic oxidation sites excluding steroid dienone is 1. The van der Waals surface area contributed by atoms with E-state index in [0.29, 0.717) is 11.1 Å². The van der Waals surface area contributed by atoms with E-state index in [1.807, 2.05) is 26.0 Å². The molecule has 18 heteroatoms. The zero-order valence-electron chi connectivity index (χ0n) is 34.1. The lowest BCUT2D eigenvalue weighted by atomic mass is 10.0. The summed E-state index contributed by atoms with van der Waals surface area (Å²) in [6.07, 6.45) is 3.68. The first-order valence-electron chi connectivity index (χ1n) is 17.8. The lowest BCUT2D eigenvalue weighted by Gasteiger charge is -2.08. The SMILES string of the molecule is C=C(C)C(=O)OCCOC(=O)c1ccccc1C.C=CC.C=CC(=O)OCCOC(=O)c1ccc(C(=O)O)cc1C(=O)O.C=CC(=O)OCCOC(=O)c1ccccc1C(=O)O. The molecular weight excluding hydrogens is 816 g/mol. The van der Waals surface area contributed by atoms with Crippen molar-refractivity contribution in [1.29, 1.82) is 0 Å². The van der Waals surface area contributed by atoms with Crippen molar-refractivity contribution in [3.05, 3.63) is 156 Å². The molecule has 0 saturated heterocycles. The molecule has 330 valence electrons. The summed E-state index contributed by atoms with van der Waals surface area (Å²) in [5, 5.41) is 26.7. The number of esters is 6. The molecule has 0 aliphatic carbocycles. The quantitative estimate of drug-likeness (QED) is 0.0455. The lowest BCUT2D eigenvalue weighted by molar-refractivity contribution is -0.140. The molecule has 0 radical (unpaired) electrons. The number of carbonyl (C=O) groups excluding carboxylic acids is 6. The normalized spacial score (nSPS) is 9.34. The van der Waals surface area contributed by atoms with Crippen LogP contribution in [0.4, 0.5) is 0 Å². The maximum atomic E-state index is 11.8. The molecule has 62 heavy (non-hydrogen) atoms. The van der Waals surface area contributed by atoms with Crippen LogP contribution in [0.1, 0.15) is 81.6 Å². The topological polar surface area (TPSA) is 270 Å². The van der Waals surface area contributed by atoms with Crippen molar-refractivity contribution in [2.24, 2.45) is 0 Å². The van der Waals surface area contributed by atoms with E-state index < -0.39 is 59.3 Å². The van der Waals surface area contributed by atoms with Gasteiger partial charge in [-0.3, -0.25) is 0 Å². The Morgan fingerprint density at radius 3 is 1.29 bits per heavy atom. The Hall–Kier alpha value is -8.15. The number of carboxylic acids is 3. The summed E-state index contributed by atoms with van der Waals surface area (Å²) < 4.78 is 28.5. The summed E-state index contributed by atoms with van der Waals surface area (Å²) >= 11 is 0. The highest BCUT2D eigenvalue weighted by atomic mass is 16.6. The van der Waals surface area contributed by atoms with Crippen LogP contribution in [0.25, 0.3) is 0 Å². The van der Waals surface area contributed by atoms with Crippen LogP contribution in [-0.2, 0) is 42.8 Å². The van der Waals surface area contributed by atoms with Crippen LogP contribution in [0.15, 0.2) is 117 Å². The van der Waals surface area contributed by atoms with Gasteiger partial charge in [0, 0.05) is 17.7 Å². The van der Waals surface area contributed by atoms with Gasteiger partial charge in [-0.1, -0.05) is 56.1 Å². The highest BCUT2D eigenvalue weighted by Crippen LogP contribution is 2.15. The highest BCUT2D eigenvalue weighted by Gasteiger charge is 2.20. The van der Waals surface area contributed by atoms with Gasteiger partial charge in [-0.2, -0.15) is 0 Å². The molecule has 0 aromatic heterocycles. The average Bonchev–Trinajstić information content (AvgIpc) is 3.25. The minimum absolute atomic E-state index is 0.0311. The molecule has 0 saturated carbocycles. The van der Waals surface area contributed by atoms with Gasteiger partial charge < -0.3 is 43.7 Å². The van der Waals surface area contributed by atoms with Gasteiger partial charge in [0.25, 0.3) is 0 Å². The molecule has 3 aromatic carbocycles. The second-order valence-corrected chi connectivity index (χ2v) is 11.5. The highest BCUT2D eigenvalue weighted by molar-refractivity contribution is 6.04. The first-order chi connectivity index (χ1) is 29.4. The number of aromatic carboxylic acids is 3. The van der Waals surface area contributed by atoms with Gasteiger partial charge in [0.05, 0.1) is 33.4 Å². The largest absolute Gasteiger partial charge is 0.478 e. The van der Waals surface area contributed by atoms with E-state index in [4.69, 9.17) is 34.3 Å². The van der Waals surface area contributed by atoms with E-state index >= 15 is 0 Å². The zero-order chi connectivity index (χ0) is 47.2. The molecule has 0 amide bonds. The summed E-state index contributed by atoms with van der Waals surface area (Å²) in [6.45, 7) is 17.8. The van der Waals surface area contributed by atoms with E-state index in [0.717, 1.165) is 35.9 Å². The summed E-state index contributed by atoms with van der Waals surface area (Å²) in [5.74, 6) is -7.97. The molecule has 3 N–H and O–H groups in total. The molecular formula is C44H46O18. The molecule has 0 aliphatic rings. The van der Waals surface area contributed by atoms with Gasteiger partial charge in [-0.05, 0) is 62.7 Å². The second kappa shape index (κ2) is 30.0. The predicted molar refractivity (Wildman–Crippen MR) is 220 cm³/mol. The number of ether oxygens (including phenoxy) is 6. The number of hydrogen-bond acceptors (Lipinski definition) is 15. The van der Waals surface area contributed by atoms with Gasteiger partial charge >= 0.3 is 53.7 Å². The number of carboxylic acid groups (broad SMARTS) is 3. The fourth-order valence-electron chi connectivity index (χ4n) is 3.98. The Bertz CT molecular complexity index is 2110. The minimum atomic E-state index is -1.46. The lowest BCUT2D eigenvalue weighted by Crippen LogP contribution is -2.16. The summed E-state index contributed by atoms with van der Waals surface area (Å²) in [5.41, 5.74) is 0.431. The number of rotatable bonds is 18. The van der Waals surface area contributed by atoms with Gasteiger partial charge in [0.1, 0.15) is 39.6 Å². The fraction of sp³-hybridized carbons (Fsp3) is 0.205. The van der Waals surface area contributed by atoms with Crippen molar-refractivity contribution >= 4 is 53.7 Å². The monoisotopic (exact) mass is 862 g/mol. The maximum absolute atomic E-state index is 11.8. The summed E-state index contributed by atoms with van der Waals surface area (Å²) in [4.78, 5) is 100. The minimum Gasteiger partial charge on any atom is -0.478 e. The average molecular weight is 863 g/mol. The van der Waals surface area contributed by atoms with Crippen LogP contribution < -0.4 is 0 Å². The Labute approximate surface area is 356 Å². The van der Waals surface area contributed by atoms with Gasteiger partial charge in [-0.15, -0.1) is 6.58 Å². The number of carbonyl (C=O) groups is 9. The number of benzene rings is 3. The standard InChI is InChI=1S/C14H12O8.C14H16O4.C13H12O6.C3H6/c1-2-11(15)21-5-6-22-14(20)9-4-3-8(12(16)17)7-10(9)13(18)19;1-10(2)13(15)17-8-9-18-14(16)12-7-5-4-6-11(12)3;1-2-11(14)18-7-8-19-13(17)10-6-4-3-5-9(10)12(15)16;1-3-2/h2-4,7H,1,5-6H2,(H,16,17)(H,18,19);4-7H,1,8-9H2,2-3H3;2-6H,1,7-8H2,(H,15,16);3H,1H2,2H3. The van der Waals surface area contributed by atoms with Crippen LogP contribution in [-0.4, -0.2) is 109 Å². The number of aryl methyl sites for hydroxylation is 1. The van der Waals surface area contributed by atoms with E-state index in [1.54, 1.807) is 25.1 Å². The van der Waals surface area contributed by atoms with Crippen LogP contribution in [0, 0.1) is 6.92 Å². The molecule has 3 aromatic rings. The van der Waals surface area contributed by atoms with Gasteiger partial charge in [0.2, 0.25) is 0 Å². The Morgan fingerprint density at radius 2 is 0.887 bits per heavy atom. The fourth-order valence-corrected chi connectivity index (χ4v) is 3.98. The van der Waals surface area contributed by atoms with Crippen LogP contribution in [0.2, 0.25) is 0 Å². The van der Waals surface area contributed by atoms with Crippen molar-refractivity contribution in [3.63, 3.8) is 0 Å². The molecule has 0 heterocycles. The zero-order valence-corrected chi connectivity index (χ0v) is 34.1. The first-order valence-corrected chi connectivity index (χ1v) is 17.8. The van der Waals surface area contributed by atoms with E-state index in [1.165, 1.54) is 24.3 Å². The smallest absolute Gasteiger partial charge is 0.339 e. The van der Waals surface area contributed by atoms with E-state index in [2.05, 4.69) is 35.8 Å². The maximum Gasteiger partial charge on any atom is 0.339 e. The molecule has 0 atom stereocenters. The molecule has 0 bridgehead atoms. The van der Waals surface area contributed by atoms with Crippen molar-refractivity contribution in [1.82, 2.24) is 0 Å². The summed E-state index contributed by atoms with van der Waals surface area (Å²) in [7, 11) is 0. The van der Waals surface area contributed by atoms with Crippen molar-refractivity contribution in [2.45, 2.75) is 20.8 Å². The Kier molecular flexibility index (Phi) is 26.0. The molecule has 0 spiro atoms. The van der Waals surface area contributed by atoms with Gasteiger partial charge in [0.15, 0.2) is 0 Å². The Morgan fingerprint density at radius 1 is 0.516 bits per heavy atom. The first kappa shape index (κ1) is 53.9. The van der Waals surface area contributed by atoms with Crippen LogP contribution >= 0.6 is 0 Å². The predicted octanol–water partition coefficient (Wildman–Crippen LogP) is 5.70. The van der Waals surface area contributed by atoms with Gasteiger partial charge in [-0.25, -0.2) is 43.2 Å². The van der Waals surface area contributed by atoms with Crippen molar-refractivity contribution < 1.29 is 86.9 Å². The second-order valence-electron chi connectivity index (χ2n) is 11.5. The third-order valence-electron chi connectivity index (χ3n) is 6.81. The molecule has 18 nitrogen and oxygen atoms in total. The summed E-state index contributed by atoms with van der Waals surface area (Å²) in [6, 6.07) is 15.8. The molecule has 0 unspecified atom stereocenters. The Balaban J connectivity index is 0.000000875. The van der Waals surface area contributed by atoms with Crippen molar-refractivity contribution in [2.75, 3.05) is 39.6 Å². The molecule has 0 fully saturated rings. The third kappa shape index (κ3) is 21.0. The number of hydrogen-bond donors (Lipinski definition) is 3. The molecule has 0 aliphatic heterocycles. The van der Waals surface area contributed by atoms with Crippen LogP contribution in [0.3, 0.4) is 0 Å².